The number of hydrogen-bond donors (Lipinski definition) is 0. The molecule has 2 rings (SSSR count). The van der Waals surface area contributed by atoms with Crippen molar-refractivity contribution in [2.75, 3.05) is 5.75 Å². The molecule has 1 nitrogen and oxygen atoms in total. The van der Waals surface area contributed by atoms with Crippen LogP contribution in [0.5, 0.6) is 0 Å². The second-order valence-corrected chi connectivity index (χ2v) is 6.30. The summed E-state index contributed by atoms with van der Waals surface area (Å²) in [6.45, 7) is 2.10. The minimum atomic E-state index is 0.412. The summed E-state index contributed by atoms with van der Waals surface area (Å²) in [5.41, 5.74) is 1.27. The first-order chi connectivity index (χ1) is 8.75. The molecule has 0 saturated heterocycles. The van der Waals surface area contributed by atoms with Crippen LogP contribution in [0.25, 0.3) is 0 Å². The number of carbonyl (C=O) groups is 1. The Morgan fingerprint density at radius 3 is 2.72 bits per heavy atom. The molecule has 98 valence electrons. The van der Waals surface area contributed by atoms with E-state index >= 15 is 0 Å². The third-order valence-corrected chi connectivity index (χ3v) is 5.02. The maximum absolute atomic E-state index is 11.9. The van der Waals surface area contributed by atoms with Gasteiger partial charge in [-0.3, -0.25) is 4.79 Å². The Bertz CT molecular complexity index is 394. The van der Waals surface area contributed by atoms with Crippen molar-refractivity contribution in [1.82, 2.24) is 0 Å². The lowest BCUT2D eigenvalue weighted by atomic mass is 10.0. The summed E-state index contributed by atoms with van der Waals surface area (Å²) in [6.07, 6.45) is 7.33. The number of rotatable bonds is 6. The van der Waals surface area contributed by atoms with Gasteiger partial charge in [-0.25, -0.2) is 0 Å². The number of aryl methyl sites for hydroxylation is 1. The Morgan fingerprint density at radius 2 is 2.00 bits per heavy atom. The Morgan fingerprint density at radius 1 is 1.28 bits per heavy atom. The third-order valence-electron chi connectivity index (χ3n) is 3.79. The van der Waals surface area contributed by atoms with Crippen molar-refractivity contribution in [1.29, 1.82) is 0 Å². The minimum Gasteiger partial charge on any atom is -0.299 e. The van der Waals surface area contributed by atoms with Crippen LogP contribution in [0, 0.1) is 12.8 Å². The summed E-state index contributed by atoms with van der Waals surface area (Å²) < 4.78 is 0. The number of thioether (sulfide) groups is 1. The summed E-state index contributed by atoms with van der Waals surface area (Å²) in [5, 5.41) is 0. The van der Waals surface area contributed by atoms with E-state index < -0.39 is 0 Å². The first-order valence-corrected chi connectivity index (χ1v) is 7.94. The van der Waals surface area contributed by atoms with E-state index in [-0.39, 0.29) is 0 Å². The van der Waals surface area contributed by atoms with Crippen molar-refractivity contribution < 1.29 is 4.79 Å². The number of benzene rings is 1. The highest BCUT2D eigenvalue weighted by molar-refractivity contribution is 8.00. The average molecular weight is 262 g/mol. The van der Waals surface area contributed by atoms with Gasteiger partial charge in [0.2, 0.25) is 0 Å². The predicted molar refractivity (Wildman–Crippen MR) is 78.1 cm³/mol. The number of hydrogen-bond acceptors (Lipinski definition) is 2. The summed E-state index contributed by atoms with van der Waals surface area (Å²) in [7, 11) is 0. The van der Waals surface area contributed by atoms with Gasteiger partial charge >= 0.3 is 0 Å². The molecule has 2 heteroatoms. The van der Waals surface area contributed by atoms with Gasteiger partial charge in [-0.05, 0) is 30.9 Å². The monoisotopic (exact) mass is 262 g/mol. The summed E-state index contributed by atoms with van der Waals surface area (Å²) in [4.78, 5) is 13.1. The average Bonchev–Trinajstić information content (AvgIpc) is 2.88. The van der Waals surface area contributed by atoms with Crippen molar-refractivity contribution in [3.63, 3.8) is 0 Å². The topological polar surface area (TPSA) is 17.1 Å². The molecular weight excluding hydrogens is 240 g/mol. The third kappa shape index (κ3) is 4.16. The van der Waals surface area contributed by atoms with Crippen LogP contribution in [-0.4, -0.2) is 11.5 Å². The smallest absolute Gasteiger partial charge is 0.143 e. The van der Waals surface area contributed by atoms with Crippen LogP contribution in [0.4, 0.5) is 0 Å². The van der Waals surface area contributed by atoms with Gasteiger partial charge in [0, 0.05) is 11.3 Å². The zero-order valence-corrected chi connectivity index (χ0v) is 12.0. The van der Waals surface area contributed by atoms with Crippen LogP contribution in [0.3, 0.4) is 0 Å². The molecule has 1 saturated carbocycles. The number of ketones is 1. The number of carbonyl (C=O) groups excluding carboxylic acids is 1. The SMILES string of the molecule is Cc1ccccc1SCC(=O)CCC1CCCC1. The highest BCUT2D eigenvalue weighted by Crippen LogP contribution is 2.29. The molecule has 0 heterocycles. The Hall–Kier alpha value is -0.760. The molecule has 0 spiro atoms. The van der Waals surface area contributed by atoms with E-state index in [0.29, 0.717) is 11.5 Å². The van der Waals surface area contributed by atoms with Crippen LogP contribution in [0.1, 0.15) is 44.1 Å². The van der Waals surface area contributed by atoms with Gasteiger partial charge in [-0.1, -0.05) is 43.9 Å². The zero-order valence-electron chi connectivity index (χ0n) is 11.2. The van der Waals surface area contributed by atoms with Gasteiger partial charge in [-0.15, -0.1) is 11.8 Å². The lowest BCUT2D eigenvalue weighted by molar-refractivity contribution is -0.116. The van der Waals surface area contributed by atoms with Crippen LogP contribution in [0.15, 0.2) is 29.2 Å². The first-order valence-electron chi connectivity index (χ1n) is 6.96. The molecule has 1 aliphatic carbocycles. The summed E-state index contributed by atoms with van der Waals surface area (Å²) in [6, 6.07) is 8.29. The maximum Gasteiger partial charge on any atom is 0.143 e. The molecule has 0 atom stereocenters. The Kier molecular flexibility index (Phi) is 5.30. The van der Waals surface area contributed by atoms with Crippen LogP contribution >= 0.6 is 11.8 Å². The van der Waals surface area contributed by atoms with E-state index in [0.717, 1.165) is 18.8 Å². The molecule has 0 amide bonds. The molecule has 0 bridgehead atoms. The highest BCUT2D eigenvalue weighted by Gasteiger charge is 2.16. The van der Waals surface area contributed by atoms with Gasteiger partial charge in [0.15, 0.2) is 0 Å². The summed E-state index contributed by atoms with van der Waals surface area (Å²) in [5.74, 6) is 1.88. The van der Waals surface area contributed by atoms with E-state index in [9.17, 15) is 4.79 Å². The quantitative estimate of drug-likeness (QED) is 0.695. The van der Waals surface area contributed by atoms with Gasteiger partial charge in [0.1, 0.15) is 5.78 Å². The highest BCUT2D eigenvalue weighted by atomic mass is 32.2. The van der Waals surface area contributed by atoms with E-state index in [1.165, 1.54) is 36.1 Å². The Balaban J connectivity index is 1.69. The van der Waals surface area contributed by atoms with Crippen molar-refractivity contribution in [2.45, 2.75) is 50.3 Å². The fourth-order valence-electron chi connectivity index (χ4n) is 2.61. The summed E-state index contributed by atoms with van der Waals surface area (Å²) >= 11 is 1.69. The van der Waals surface area contributed by atoms with Crippen molar-refractivity contribution in [2.24, 2.45) is 5.92 Å². The maximum atomic E-state index is 11.9. The van der Waals surface area contributed by atoms with Crippen molar-refractivity contribution in [3.8, 4) is 0 Å². The second-order valence-electron chi connectivity index (χ2n) is 5.28. The largest absolute Gasteiger partial charge is 0.299 e. The van der Waals surface area contributed by atoms with Crippen LogP contribution in [0.2, 0.25) is 0 Å². The van der Waals surface area contributed by atoms with Gasteiger partial charge in [0.25, 0.3) is 0 Å². The van der Waals surface area contributed by atoms with E-state index in [4.69, 9.17) is 0 Å². The molecule has 0 unspecified atom stereocenters. The first kappa shape index (κ1) is 13.7. The van der Waals surface area contributed by atoms with Gasteiger partial charge < -0.3 is 0 Å². The Labute approximate surface area is 114 Å². The molecule has 0 N–H and O–H groups in total. The molecule has 18 heavy (non-hydrogen) atoms. The number of Topliss-reactive ketones (excluding diaryl/α,β-unsaturated/α-hetero) is 1. The standard InChI is InChI=1S/C16H22OS/c1-13-6-2-5-9-16(13)18-12-15(17)11-10-14-7-3-4-8-14/h2,5-6,9,14H,3-4,7-8,10-12H2,1H3. The predicted octanol–water partition coefficient (Wildman–Crippen LogP) is 4.63. The minimum absolute atomic E-state index is 0.412. The molecular formula is C16H22OS. The second kappa shape index (κ2) is 6.98. The lowest BCUT2D eigenvalue weighted by Gasteiger charge is -2.08. The van der Waals surface area contributed by atoms with Gasteiger partial charge in [0.05, 0.1) is 5.75 Å². The molecule has 0 aromatic heterocycles. The zero-order chi connectivity index (χ0) is 12.8. The molecule has 1 aromatic rings. The van der Waals surface area contributed by atoms with Crippen molar-refractivity contribution >= 4 is 17.5 Å². The molecule has 0 aliphatic heterocycles. The van der Waals surface area contributed by atoms with Crippen LogP contribution < -0.4 is 0 Å². The molecule has 1 fully saturated rings. The van der Waals surface area contributed by atoms with E-state index in [1.807, 2.05) is 12.1 Å². The lowest BCUT2D eigenvalue weighted by Crippen LogP contribution is -2.04. The van der Waals surface area contributed by atoms with Crippen molar-refractivity contribution in [3.05, 3.63) is 29.8 Å². The van der Waals surface area contributed by atoms with Crippen LogP contribution in [-0.2, 0) is 4.79 Å². The van der Waals surface area contributed by atoms with E-state index in [1.54, 1.807) is 11.8 Å². The normalized spacial score (nSPS) is 16.1. The fourth-order valence-corrected chi connectivity index (χ4v) is 3.54. The van der Waals surface area contributed by atoms with E-state index in [2.05, 4.69) is 19.1 Å². The molecule has 0 radical (unpaired) electrons. The molecule has 1 aliphatic rings. The van der Waals surface area contributed by atoms with Gasteiger partial charge in [-0.2, -0.15) is 0 Å². The molecule has 1 aromatic carbocycles. The fraction of sp³-hybridized carbons (Fsp3) is 0.562.